The third kappa shape index (κ3) is 5.03. The number of hydrogen-bond acceptors (Lipinski definition) is 4. The summed E-state index contributed by atoms with van der Waals surface area (Å²) in [5.41, 5.74) is 4.22. The summed E-state index contributed by atoms with van der Waals surface area (Å²) in [6.07, 6.45) is 5.77. The summed E-state index contributed by atoms with van der Waals surface area (Å²) in [5, 5.41) is 12.8. The fraction of sp³-hybridized carbons (Fsp3) is 0.381. The van der Waals surface area contributed by atoms with E-state index in [9.17, 15) is 4.39 Å². The van der Waals surface area contributed by atoms with Crippen molar-refractivity contribution in [2.24, 2.45) is 7.05 Å². The van der Waals surface area contributed by atoms with E-state index in [1.165, 1.54) is 17.7 Å². The van der Waals surface area contributed by atoms with Crippen LogP contribution in [0.2, 0.25) is 0 Å². The third-order valence-electron chi connectivity index (χ3n) is 5.31. The van der Waals surface area contributed by atoms with E-state index in [1.807, 2.05) is 22.6 Å². The molecule has 1 aliphatic rings. The fourth-order valence-electron chi connectivity index (χ4n) is 3.65. The minimum Gasteiger partial charge on any atom is -0.346 e. The number of nitrogens with zero attached hydrogens (tertiary/aromatic N) is 6. The van der Waals surface area contributed by atoms with Gasteiger partial charge in [0.05, 0.1) is 24.1 Å². The van der Waals surface area contributed by atoms with Gasteiger partial charge in [-0.15, -0.1) is 0 Å². The second-order valence-corrected chi connectivity index (χ2v) is 8.05. The molecule has 0 unspecified atom stereocenters. The Morgan fingerprint density at radius 3 is 2.50 bits per heavy atom. The van der Waals surface area contributed by atoms with Crippen LogP contribution in [-0.2, 0) is 20.1 Å². The number of hydrogen-bond donors (Lipinski definition) is 1. The van der Waals surface area contributed by atoms with Gasteiger partial charge in [0, 0.05) is 57.7 Å². The minimum absolute atomic E-state index is 0.234. The van der Waals surface area contributed by atoms with Crippen molar-refractivity contribution in [1.29, 1.82) is 0 Å². The predicted molar refractivity (Wildman–Crippen MR) is 119 cm³/mol. The van der Waals surface area contributed by atoms with Crippen molar-refractivity contribution >= 4 is 23.0 Å². The van der Waals surface area contributed by atoms with Crippen molar-refractivity contribution < 1.29 is 4.39 Å². The molecule has 0 spiro atoms. The molecule has 7 nitrogen and oxygen atoms in total. The zero-order valence-electron chi connectivity index (χ0n) is 17.3. The maximum Gasteiger partial charge on any atom is 0.173 e. The normalized spacial score (nSPS) is 14.8. The Morgan fingerprint density at radius 1 is 1.10 bits per heavy atom. The van der Waals surface area contributed by atoms with Crippen molar-refractivity contribution in [1.82, 2.24) is 29.4 Å². The Kier molecular flexibility index (Phi) is 6.10. The van der Waals surface area contributed by atoms with Crippen LogP contribution in [0, 0.1) is 12.7 Å². The third-order valence-corrected chi connectivity index (χ3v) is 5.67. The topological polar surface area (TPSA) is 54.2 Å². The molecule has 9 heteroatoms. The first kappa shape index (κ1) is 20.5. The van der Waals surface area contributed by atoms with E-state index in [4.69, 9.17) is 12.2 Å². The van der Waals surface area contributed by atoms with Gasteiger partial charge < -0.3 is 10.2 Å². The van der Waals surface area contributed by atoms with Gasteiger partial charge in [0.1, 0.15) is 5.82 Å². The molecule has 0 amide bonds. The number of thiocarbonyl (C=S) groups is 1. The van der Waals surface area contributed by atoms with Crippen molar-refractivity contribution in [3.63, 3.8) is 0 Å². The van der Waals surface area contributed by atoms with Crippen LogP contribution >= 0.6 is 12.2 Å². The molecule has 3 aromatic rings. The SMILES string of the molecule is Cc1nn(C)cc1CN1CCN(C(=S)Nc2cnn(Cc3ccc(F)cc3)c2)CC1. The Labute approximate surface area is 181 Å². The van der Waals surface area contributed by atoms with Crippen LogP contribution in [-0.4, -0.2) is 60.7 Å². The van der Waals surface area contributed by atoms with E-state index < -0.39 is 0 Å². The predicted octanol–water partition coefficient (Wildman–Crippen LogP) is 2.63. The molecule has 4 rings (SSSR count). The van der Waals surface area contributed by atoms with Gasteiger partial charge in [-0.1, -0.05) is 12.1 Å². The first-order valence-corrected chi connectivity index (χ1v) is 10.4. The van der Waals surface area contributed by atoms with E-state index in [0.29, 0.717) is 11.7 Å². The molecule has 1 aromatic carbocycles. The number of nitrogens with one attached hydrogen (secondary N) is 1. The molecule has 30 heavy (non-hydrogen) atoms. The second-order valence-electron chi connectivity index (χ2n) is 7.66. The highest BCUT2D eigenvalue weighted by molar-refractivity contribution is 7.80. The Hall–Kier alpha value is -2.78. The number of anilines is 1. The van der Waals surface area contributed by atoms with Crippen molar-refractivity contribution in [3.05, 3.63) is 65.5 Å². The van der Waals surface area contributed by atoms with Gasteiger partial charge in [0.15, 0.2) is 5.11 Å². The maximum atomic E-state index is 13.0. The molecule has 0 bridgehead atoms. The smallest absolute Gasteiger partial charge is 0.173 e. The summed E-state index contributed by atoms with van der Waals surface area (Å²) >= 11 is 5.61. The van der Waals surface area contributed by atoms with Crippen molar-refractivity contribution in [3.8, 4) is 0 Å². The van der Waals surface area contributed by atoms with Gasteiger partial charge in [-0.05, 0) is 36.8 Å². The lowest BCUT2D eigenvalue weighted by atomic mass is 10.2. The van der Waals surface area contributed by atoms with Gasteiger partial charge in [-0.25, -0.2) is 4.39 Å². The van der Waals surface area contributed by atoms with E-state index >= 15 is 0 Å². The van der Waals surface area contributed by atoms with Crippen LogP contribution in [0.25, 0.3) is 0 Å². The van der Waals surface area contributed by atoms with Crippen LogP contribution in [0.5, 0.6) is 0 Å². The fourth-order valence-corrected chi connectivity index (χ4v) is 3.95. The summed E-state index contributed by atoms with van der Waals surface area (Å²) in [7, 11) is 1.96. The number of aromatic nitrogens is 4. The zero-order valence-corrected chi connectivity index (χ0v) is 18.1. The second kappa shape index (κ2) is 8.93. The molecule has 1 saturated heterocycles. The highest BCUT2D eigenvalue weighted by Gasteiger charge is 2.20. The van der Waals surface area contributed by atoms with Gasteiger partial charge in [0.2, 0.25) is 0 Å². The van der Waals surface area contributed by atoms with E-state index in [-0.39, 0.29) is 5.82 Å². The Morgan fingerprint density at radius 2 is 1.83 bits per heavy atom. The molecule has 0 saturated carbocycles. The lowest BCUT2D eigenvalue weighted by Gasteiger charge is -2.36. The molecule has 0 atom stereocenters. The van der Waals surface area contributed by atoms with E-state index in [1.54, 1.807) is 18.3 Å². The van der Waals surface area contributed by atoms with Crippen molar-refractivity contribution in [2.45, 2.75) is 20.0 Å². The number of piperazine rings is 1. The summed E-state index contributed by atoms with van der Waals surface area (Å²) < 4.78 is 16.7. The lowest BCUT2D eigenvalue weighted by molar-refractivity contribution is 0.176. The van der Waals surface area contributed by atoms with Crippen LogP contribution in [0.1, 0.15) is 16.8 Å². The Balaban J connectivity index is 1.26. The van der Waals surface area contributed by atoms with Crippen LogP contribution in [0.3, 0.4) is 0 Å². The molecular formula is C21H26FN7S. The summed E-state index contributed by atoms with van der Waals surface area (Å²) in [5.74, 6) is -0.234. The molecule has 158 valence electrons. The number of rotatable bonds is 5. The van der Waals surface area contributed by atoms with Crippen molar-refractivity contribution in [2.75, 3.05) is 31.5 Å². The summed E-state index contributed by atoms with van der Waals surface area (Å²) in [6.45, 7) is 7.25. The molecule has 1 N–H and O–H groups in total. The van der Waals surface area contributed by atoms with Crippen LogP contribution < -0.4 is 5.32 Å². The summed E-state index contributed by atoms with van der Waals surface area (Å²) in [4.78, 5) is 4.63. The zero-order chi connectivity index (χ0) is 21.1. The molecular weight excluding hydrogens is 401 g/mol. The highest BCUT2D eigenvalue weighted by atomic mass is 32.1. The van der Waals surface area contributed by atoms with Crippen LogP contribution in [0.15, 0.2) is 42.9 Å². The summed E-state index contributed by atoms with van der Waals surface area (Å²) in [6, 6.07) is 6.45. The van der Waals surface area contributed by atoms with E-state index in [2.05, 4.69) is 38.4 Å². The van der Waals surface area contributed by atoms with Crippen LogP contribution in [0.4, 0.5) is 10.1 Å². The quantitative estimate of drug-likeness (QED) is 0.632. The monoisotopic (exact) mass is 427 g/mol. The maximum absolute atomic E-state index is 13.0. The molecule has 1 aliphatic heterocycles. The largest absolute Gasteiger partial charge is 0.346 e. The van der Waals surface area contributed by atoms with Gasteiger partial charge in [-0.2, -0.15) is 10.2 Å². The molecule has 1 fully saturated rings. The number of aryl methyl sites for hydroxylation is 2. The van der Waals surface area contributed by atoms with E-state index in [0.717, 1.165) is 49.7 Å². The molecule has 2 aromatic heterocycles. The molecule has 0 aliphatic carbocycles. The number of benzene rings is 1. The van der Waals surface area contributed by atoms with Gasteiger partial charge in [-0.3, -0.25) is 14.3 Å². The van der Waals surface area contributed by atoms with Gasteiger partial charge >= 0.3 is 0 Å². The average molecular weight is 428 g/mol. The highest BCUT2D eigenvalue weighted by Crippen LogP contribution is 2.14. The van der Waals surface area contributed by atoms with Gasteiger partial charge in [0.25, 0.3) is 0 Å². The average Bonchev–Trinajstić information content (AvgIpc) is 3.29. The minimum atomic E-state index is -0.234. The molecule has 0 radical (unpaired) electrons. The Bertz CT molecular complexity index is 1000. The first-order chi connectivity index (χ1) is 14.5. The number of halogens is 1. The lowest BCUT2D eigenvalue weighted by Crippen LogP contribution is -2.49. The first-order valence-electron chi connectivity index (χ1n) is 10.0. The molecule has 3 heterocycles. The standard InChI is InChI=1S/C21H26FN7S/c1-16-18(13-26(2)25-16)14-27-7-9-28(10-8-27)21(30)24-20-11-23-29(15-20)12-17-3-5-19(22)6-4-17/h3-6,11,13,15H,7-10,12,14H2,1-2H3,(H,24,30).